The summed E-state index contributed by atoms with van der Waals surface area (Å²) in [4.78, 5) is 25.6. The number of aromatic amines is 1. The zero-order chi connectivity index (χ0) is 13.5. The number of carbonyl (C=O) groups excluding carboxylic acids is 1. The molecule has 0 atom stereocenters. The van der Waals surface area contributed by atoms with Gasteiger partial charge in [-0.05, 0) is 0 Å². The molecule has 0 aromatic carbocycles. The zero-order valence-electron chi connectivity index (χ0n) is 9.54. The SMILES string of the molecule is COC(=O)c1scc2c(=O)cc(C(C)(F)F)[nH]c12. The number of thiophene rings is 1. The number of ether oxygens (including phenoxy) is 1. The van der Waals surface area contributed by atoms with Crippen LogP contribution in [0.4, 0.5) is 8.78 Å². The lowest BCUT2D eigenvalue weighted by Crippen LogP contribution is -2.15. The number of fused-ring (bicyclic) bond motifs is 1. The lowest BCUT2D eigenvalue weighted by Gasteiger charge is -2.10. The predicted molar refractivity (Wildman–Crippen MR) is 63.4 cm³/mol. The van der Waals surface area contributed by atoms with Crippen LogP contribution in [0, 0.1) is 0 Å². The molecule has 18 heavy (non-hydrogen) atoms. The Labute approximate surface area is 104 Å². The molecule has 4 nitrogen and oxygen atoms in total. The lowest BCUT2D eigenvalue weighted by atomic mass is 10.2. The Morgan fingerprint density at radius 1 is 1.50 bits per heavy atom. The first-order valence-electron chi connectivity index (χ1n) is 4.95. The molecule has 7 heteroatoms. The Bertz CT molecular complexity index is 669. The quantitative estimate of drug-likeness (QED) is 0.855. The molecule has 2 heterocycles. The lowest BCUT2D eigenvalue weighted by molar-refractivity contribution is 0.0129. The fraction of sp³-hybridized carbons (Fsp3) is 0.273. The maximum Gasteiger partial charge on any atom is 0.350 e. The normalized spacial score (nSPS) is 11.8. The largest absolute Gasteiger partial charge is 0.465 e. The van der Waals surface area contributed by atoms with Gasteiger partial charge in [-0.2, -0.15) is 0 Å². The van der Waals surface area contributed by atoms with Gasteiger partial charge in [0.15, 0.2) is 5.43 Å². The highest BCUT2D eigenvalue weighted by atomic mass is 32.1. The second-order valence-corrected chi connectivity index (χ2v) is 4.66. The molecule has 1 N–H and O–H groups in total. The van der Waals surface area contributed by atoms with Gasteiger partial charge in [-0.3, -0.25) is 4.79 Å². The summed E-state index contributed by atoms with van der Waals surface area (Å²) in [6, 6.07) is 0.843. The van der Waals surface area contributed by atoms with Crippen molar-refractivity contribution in [1.82, 2.24) is 4.98 Å². The van der Waals surface area contributed by atoms with Gasteiger partial charge in [-0.15, -0.1) is 11.3 Å². The van der Waals surface area contributed by atoms with Crippen molar-refractivity contribution in [3.63, 3.8) is 0 Å². The summed E-state index contributed by atoms with van der Waals surface area (Å²) >= 11 is 0.978. The Kier molecular flexibility index (Phi) is 2.94. The topological polar surface area (TPSA) is 59.2 Å². The summed E-state index contributed by atoms with van der Waals surface area (Å²) in [5, 5.41) is 1.64. The van der Waals surface area contributed by atoms with Crippen molar-refractivity contribution in [3.05, 3.63) is 32.2 Å². The Morgan fingerprint density at radius 2 is 2.17 bits per heavy atom. The molecule has 0 fully saturated rings. The maximum atomic E-state index is 13.2. The predicted octanol–water partition coefficient (Wildman–Crippen LogP) is 2.49. The summed E-state index contributed by atoms with van der Waals surface area (Å²) in [5.74, 6) is -3.84. The molecule has 0 aliphatic carbocycles. The van der Waals surface area contributed by atoms with E-state index in [2.05, 4.69) is 9.72 Å². The van der Waals surface area contributed by atoms with Crippen LogP contribution in [-0.4, -0.2) is 18.1 Å². The summed E-state index contributed by atoms with van der Waals surface area (Å²) < 4.78 is 30.9. The third-order valence-corrected chi connectivity index (χ3v) is 3.40. The summed E-state index contributed by atoms with van der Waals surface area (Å²) in [7, 11) is 1.18. The van der Waals surface area contributed by atoms with Crippen molar-refractivity contribution in [2.45, 2.75) is 12.8 Å². The minimum Gasteiger partial charge on any atom is -0.465 e. The number of pyridine rings is 1. The minimum atomic E-state index is -3.18. The molecule has 2 aromatic heterocycles. The van der Waals surface area contributed by atoms with Gasteiger partial charge in [-0.25, -0.2) is 13.6 Å². The summed E-state index contributed by atoms with van der Waals surface area (Å²) in [6.07, 6.45) is 0. The molecule has 96 valence electrons. The first-order chi connectivity index (χ1) is 8.34. The molecule has 0 saturated heterocycles. The van der Waals surface area contributed by atoms with E-state index in [1.54, 1.807) is 0 Å². The van der Waals surface area contributed by atoms with Crippen LogP contribution in [0.15, 0.2) is 16.2 Å². The molecule has 0 radical (unpaired) electrons. The standard InChI is InChI=1S/C11H9F2NO3S/c1-11(12,13)7-3-6(15)5-4-18-9(8(5)14-7)10(16)17-2/h3-4,14H,1-2H3. The van der Waals surface area contributed by atoms with Crippen LogP contribution in [0.3, 0.4) is 0 Å². The van der Waals surface area contributed by atoms with Crippen LogP contribution in [0.2, 0.25) is 0 Å². The van der Waals surface area contributed by atoms with Gasteiger partial charge in [0.25, 0.3) is 5.92 Å². The average Bonchev–Trinajstić information content (AvgIpc) is 2.71. The van der Waals surface area contributed by atoms with Crippen LogP contribution in [0.1, 0.15) is 22.3 Å². The number of rotatable bonds is 2. The molecular formula is C11H9F2NO3S. The van der Waals surface area contributed by atoms with Crippen LogP contribution < -0.4 is 5.43 Å². The van der Waals surface area contributed by atoms with E-state index in [-0.39, 0.29) is 15.8 Å². The van der Waals surface area contributed by atoms with E-state index < -0.39 is 23.0 Å². The van der Waals surface area contributed by atoms with Crippen LogP contribution in [-0.2, 0) is 10.7 Å². The van der Waals surface area contributed by atoms with E-state index in [0.29, 0.717) is 6.92 Å². The minimum absolute atomic E-state index is 0.0934. The molecule has 0 saturated carbocycles. The number of carbonyl (C=O) groups is 1. The highest BCUT2D eigenvalue weighted by Gasteiger charge is 2.27. The number of esters is 1. The number of H-pyrrole nitrogens is 1. The Hall–Kier alpha value is -1.76. The van der Waals surface area contributed by atoms with Crippen molar-refractivity contribution < 1.29 is 18.3 Å². The zero-order valence-corrected chi connectivity index (χ0v) is 10.4. The first kappa shape index (κ1) is 12.7. The summed E-state index contributed by atoms with van der Waals surface area (Å²) in [5.41, 5.74) is -0.980. The highest BCUT2D eigenvalue weighted by Crippen LogP contribution is 2.28. The van der Waals surface area contributed by atoms with Gasteiger partial charge >= 0.3 is 5.97 Å². The van der Waals surface area contributed by atoms with E-state index in [1.807, 2.05) is 0 Å². The number of alkyl halides is 2. The number of nitrogens with one attached hydrogen (secondary N) is 1. The van der Waals surface area contributed by atoms with Gasteiger partial charge in [0.05, 0.1) is 23.7 Å². The fourth-order valence-corrected chi connectivity index (χ4v) is 2.45. The van der Waals surface area contributed by atoms with E-state index in [0.717, 1.165) is 17.4 Å². The summed E-state index contributed by atoms with van der Waals surface area (Å²) in [6.45, 7) is 0.675. The molecule has 2 aromatic rings. The third kappa shape index (κ3) is 2.01. The monoisotopic (exact) mass is 273 g/mol. The number of halogens is 2. The van der Waals surface area contributed by atoms with E-state index >= 15 is 0 Å². The van der Waals surface area contributed by atoms with Gasteiger partial charge in [0.2, 0.25) is 0 Å². The van der Waals surface area contributed by atoms with Crippen LogP contribution in [0.25, 0.3) is 10.9 Å². The van der Waals surface area contributed by atoms with Crippen molar-refractivity contribution in [2.75, 3.05) is 7.11 Å². The van der Waals surface area contributed by atoms with Crippen molar-refractivity contribution in [1.29, 1.82) is 0 Å². The Morgan fingerprint density at radius 3 is 2.72 bits per heavy atom. The van der Waals surface area contributed by atoms with E-state index in [1.165, 1.54) is 12.5 Å². The highest BCUT2D eigenvalue weighted by molar-refractivity contribution is 7.13. The van der Waals surface area contributed by atoms with E-state index in [4.69, 9.17) is 0 Å². The molecule has 0 aliphatic rings. The fourth-order valence-electron chi connectivity index (χ4n) is 1.52. The average molecular weight is 273 g/mol. The van der Waals surface area contributed by atoms with Gasteiger partial charge in [0.1, 0.15) is 4.88 Å². The Balaban J connectivity index is 2.77. The second-order valence-electron chi connectivity index (χ2n) is 3.78. The number of hydrogen-bond donors (Lipinski definition) is 1. The van der Waals surface area contributed by atoms with Gasteiger partial charge in [0, 0.05) is 18.4 Å². The molecule has 0 unspecified atom stereocenters. The van der Waals surface area contributed by atoms with Crippen molar-refractivity contribution >= 4 is 28.2 Å². The molecule has 0 aliphatic heterocycles. The third-order valence-electron chi connectivity index (χ3n) is 2.44. The van der Waals surface area contributed by atoms with Gasteiger partial charge in [-0.1, -0.05) is 0 Å². The molecule has 0 amide bonds. The van der Waals surface area contributed by atoms with Crippen LogP contribution >= 0.6 is 11.3 Å². The number of aromatic nitrogens is 1. The molecule has 2 rings (SSSR count). The van der Waals surface area contributed by atoms with Crippen molar-refractivity contribution in [3.8, 4) is 0 Å². The smallest absolute Gasteiger partial charge is 0.350 e. The first-order valence-corrected chi connectivity index (χ1v) is 5.83. The van der Waals surface area contributed by atoms with Gasteiger partial charge < -0.3 is 9.72 Å². The second kappa shape index (κ2) is 4.16. The molecule has 0 spiro atoms. The van der Waals surface area contributed by atoms with Crippen LogP contribution in [0.5, 0.6) is 0 Å². The number of hydrogen-bond acceptors (Lipinski definition) is 4. The van der Waals surface area contributed by atoms with Crippen molar-refractivity contribution in [2.24, 2.45) is 0 Å². The number of methoxy groups -OCH3 is 1. The van der Waals surface area contributed by atoms with E-state index in [9.17, 15) is 18.4 Å². The maximum absolute atomic E-state index is 13.2. The molecular weight excluding hydrogens is 264 g/mol. The molecule has 0 bridgehead atoms.